The summed E-state index contributed by atoms with van der Waals surface area (Å²) < 4.78 is 20.2. The normalized spacial score (nSPS) is 28.6. The Labute approximate surface area is 165 Å². The van der Waals surface area contributed by atoms with E-state index in [9.17, 15) is 24.5 Å². The average Bonchev–Trinajstić information content (AvgIpc) is 3.21. The molecule has 2 aromatic heterocycles. The van der Waals surface area contributed by atoms with Gasteiger partial charge in [0.15, 0.2) is 0 Å². The molecule has 11 nitrogen and oxygen atoms in total. The van der Waals surface area contributed by atoms with E-state index in [-0.39, 0.29) is 38.4 Å². The van der Waals surface area contributed by atoms with Crippen LogP contribution in [0.25, 0.3) is 11.2 Å². The van der Waals surface area contributed by atoms with Crippen molar-refractivity contribution in [2.75, 3.05) is 12.4 Å². The number of ether oxygens (including phenoxy) is 1. The quantitative estimate of drug-likeness (QED) is 0.297. The van der Waals surface area contributed by atoms with Crippen LogP contribution in [0.4, 0.5) is 10.2 Å². The second-order valence-electron chi connectivity index (χ2n) is 6.30. The Morgan fingerprint density at radius 3 is 2.86 bits per heavy atom. The van der Waals surface area contributed by atoms with E-state index in [2.05, 4.69) is 20.3 Å². The first-order chi connectivity index (χ1) is 13.4. The van der Waals surface area contributed by atoms with Crippen molar-refractivity contribution in [3.63, 3.8) is 0 Å². The summed E-state index contributed by atoms with van der Waals surface area (Å²) in [6, 6.07) is -1.13. The number of fused-ring (bicyclic) bond motifs is 1. The summed E-state index contributed by atoms with van der Waals surface area (Å²) >= 11 is 0.224. The Morgan fingerprint density at radius 2 is 2.25 bits per heavy atom. The molecule has 0 saturated carbocycles. The summed E-state index contributed by atoms with van der Waals surface area (Å²) in [4.78, 5) is 23.8. The number of nitrogens with one attached hydrogen (secondary N) is 1. The zero-order valence-corrected chi connectivity index (χ0v) is 16.6. The van der Waals surface area contributed by atoms with Crippen LogP contribution in [0.15, 0.2) is 12.7 Å². The molecule has 3 heterocycles. The number of carbonyl (C=O) groups is 1. The molecule has 1 aliphatic heterocycles. The number of hydrogen-bond acceptors (Lipinski definition) is 9. The van der Waals surface area contributed by atoms with Gasteiger partial charge in [0, 0.05) is 0 Å². The molecule has 3 rings (SSSR count). The third kappa shape index (κ3) is 3.45. The average molecular weight is 463 g/mol. The number of anilines is 1. The number of aromatic nitrogens is 4. The molecule has 2 aromatic rings. The van der Waals surface area contributed by atoms with Crippen molar-refractivity contribution in [2.24, 2.45) is 0 Å². The minimum absolute atomic E-state index is 0.0671. The van der Waals surface area contributed by atoms with E-state index in [0.717, 1.165) is 0 Å². The van der Waals surface area contributed by atoms with E-state index in [1.165, 1.54) is 17.2 Å². The Morgan fingerprint density at radius 1 is 1.50 bits per heavy atom. The first kappa shape index (κ1) is 20.8. The number of aliphatic hydroxyl groups is 2. The molecular formula is C15H21FN6O5Se. The van der Waals surface area contributed by atoms with Crippen molar-refractivity contribution in [3.05, 3.63) is 12.7 Å². The summed E-state index contributed by atoms with van der Waals surface area (Å²) in [5.41, 5.74) is 6.12. The van der Waals surface area contributed by atoms with Crippen LogP contribution in [0.1, 0.15) is 6.42 Å². The van der Waals surface area contributed by atoms with Gasteiger partial charge in [-0.3, -0.25) is 0 Å². The van der Waals surface area contributed by atoms with E-state index >= 15 is 0 Å². The number of imidazole rings is 1. The number of aliphatic hydroxyl groups excluding tert-OH is 2. The second kappa shape index (κ2) is 8.23. The number of nitrogens with zero attached hydrogens (tertiary/aromatic N) is 4. The SMILES string of the molecule is C[Se]CC[C@H](N[C@@]1(n2cnc3c(N)ncnc32)O[C@H](CF)[C@@H](O)[C@H]1O)C(=O)O. The van der Waals surface area contributed by atoms with Gasteiger partial charge in [-0.2, -0.15) is 0 Å². The number of carboxylic acid groups (broad SMARTS) is 1. The van der Waals surface area contributed by atoms with Crippen molar-refractivity contribution in [1.82, 2.24) is 24.8 Å². The van der Waals surface area contributed by atoms with Crippen LogP contribution in [0.5, 0.6) is 0 Å². The van der Waals surface area contributed by atoms with Crippen LogP contribution in [0.3, 0.4) is 0 Å². The molecule has 0 unspecified atom stereocenters. The number of nitrogens with two attached hydrogens (primary N) is 1. The van der Waals surface area contributed by atoms with Gasteiger partial charge in [0.05, 0.1) is 0 Å². The van der Waals surface area contributed by atoms with E-state index in [1.54, 1.807) is 0 Å². The summed E-state index contributed by atoms with van der Waals surface area (Å²) in [5.74, 6) is -1.14. The van der Waals surface area contributed by atoms with Crippen molar-refractivity contribution in [3.8, 4) is 0 Å². The van der Waals surface area contributed by atoms with Crippen molar-refractivity contribution < 1.29 is 29.2 Å². The van der Waals surface area contributed by atoms with Gasteiger partial charge in [0.1, 0.15) is 0 Å². The number of nitrogen functional groups attached to an aromatic ring is 1. The Balaban J connectivity index is 2.12. The van der Waals surface area contributed by atoms with Gasteiger partial charge < -0.3 is 0 Å². The molecule has 0 bridgehead atoms. The molecule has 0 aromatic carbocycles. The molecule has 13 heteroatoms. The summed E-state index contributed by atoms with van der Waals surface area (Å²) in [7, 11) is 0. The summed E-state index contributed by atoms with van der Waals surface area (Å²) in [6.45, 7) is -1.08. The molecule has 0 amide bonds. The minimum atomic E-state index is -2.00. The van der Waals surface area contributed by atoms with E-state index < -0.39 is 42.8 Å². The van der Waals surface area contributed by atoms with Gasteiger partial charge in [-0.15, -0.1) is 0 Å². The third-order valence-corrected chi connectivity index (χ3v) is 5.95. The Bertz CT molecular complexity index is 855. The fourth-order valence-electron chi connectivity index (χ4n) is 3.15. The monoisotopic (exact) mass is 464 g/mol. The van der Waals surface area contributed by atoms with Crippen molar-refractivity contribution in [2.45, 2.75) is 47.8 Å². The van der Waals surface area contributed by atoms with Crippen LogP contribution >= 0.6 is 0 Å². The first-order valence-corrected chi connectivity index (χ1v) is 11.3. The molecule has 0 radical (unpaired) electrons. The molecule has 1 saturated heterocycles. The topological polar surface area (TPSA) is 169 Å². The zero-order valence-electron chi connectivity index (χ0n) is 14.9. The van der Waals surface area contributed by atoms with Gasteiger partial charge in [-0.05, 0) is 0 Å². The standard InChI is InChI=1S/C15H21FN6O5Se/c1-28-3-2-7(14(25)26)21-15(11(24)10(23)8(4-16)27-15)22-6-20-9-12(17)18-5-19-13(9)22/h5-8,10-11,21,23-24H,2-4H2,1H3,(H,25,26)(H2,17,18,19)/t7-,8+,10+,11+,15-/m0/s1. The number of carboxylic acids is 1. The van der Waals surface area contributed by atoms with Crippen LogP contribution in [-0.4, -0.2) is 86.8 Å². The molecule has 1 aliphatic rings. The van der Waals surface area contributed by atoms with Crippen LogP contribution in [-0.2, 0) is 15.4 Å². The van der Waals surface area contributed by atoms with Crippen molar-refractivity contribution in [1.29, 1.82) is 0 Å². The molecule has 0 aliphatic carbocycles. The van der Waals surface area contributed by atoms with Crippen LogP contribution in [0.2, 0.25) is 11.1 Å². The fraction of sp³-hybridized carbons (Fsp3) is 0.600. The Hall–Kier alpha value is -1.89. The van der Waals surface area contributed by atoms with Gasteiger partial charge in [0.2, 0.25) is 0 Å². The molecule has 0 spiro atoms. The molecule has 6 N–H and O–H groups in total. The predicted octanol–water partition coefficient (Wildman–Crippen LogP) is -1.29. The number of alkyl halides is 1. The molecule has 5 atom stereocenters. The summed E-state index contributed by atoms with van der Waals surface area (Å²) in [5, 5.41) is 34.0. The number of halogens is 1. The van der Waals surface area contributed by atoms with Gasteiger partial charge in [-0.1, -0.05) is 0 Å². The van der Waals surface area contributed by atoms with Gasteiger partial charge in [-0.25, -0.2) is 0 Å². The number of hydrogen-bond donors (Lipinski definition) is 5. The first-order valence-electron chi connectivity index (χ1n) is 8.39. The second-order valence-corrected chi connectivity index (χ2v) is 8.37. The maximum absolute atomic E-state index is 13.4. The van der Waals surface area contributed by atoms with Crippen LogP contribution in [0, 0.1) is 0 Å². The molecular weight excluding hydrogens is 442 g/mol. The molecule has 28 heavy (non-hydrogen) atoms. The fourth-order valence-corrected chi connectivity index (χ4v) is 4.14. The van der Waals surface area contributed by atoms with Gasteiger partial charge >= 0.3 is 165 Å². The van der Waals surface area contributed by atoms with Crippen molar-refractivity contribution >= 4 is 37.9 Å². The number of rotatable bonds is 8. The Kier molecular flexibility index (Phi) is 6.12. The number of aliphatic carboxylic acids is 1. The van der Waals surface area contributed by atoms with E-state index in [1.807, 2.05) is 5.82 Å². The van der Waals surface area contributed by atoms with Gasteiger partial charge in [0.25, 0.3) is 0 Å². The zero-order chi connectivity index (χ0) is 20.5. The third-order valence-electron chi connectivity index (χ3n) is 4.60. The van der Waals surface area contributed by atoms with Crippen LogP contribution < -0.4 is 11.1 Å². The summed E-state index contributed by atoms with van der Waals surface area (Å²) in [6.07, 6.45) is -2.02. The van der Waals surface area contributed by atoms with E-state index in [0.29, 0.717) is 5.32 Å². The van der Waals surface area contributed by atoms with E-state index in [4.69, 9.17) is 10.5 Å². The maximum atomic E-state index is 13.4. The molecule has 1 fully saturated rings. The predicted molar refractivity (Wildman–Crippen MR) is 96.2 cm³/mol. The molecule has 154 valence electrons.